The molecule has 2 heteroatoms. The molecule has 0 aliphatic rings. The van der Waals surface area contributed by atoms with Gasteiger partial charge in [0.25, 0.3) is 0 Å². The molecule has 1 aromatic rings. The Bertz CT molecular complexity index is 356. The Labute approximate surface area is 96.9 Å². The zero-order valence-corrected chi connectivity index (χ0v) is 9.74. The zero-order valence-electron chi connectivity index (χ0n) is 9.74. The molecule has 0 aliphatic heterocycles. The van der Waals surface area contributed by atoms with E-state index in [0.29, 0.717) is 19.4 Å². The van der Waals surface area contributed by atoms with Crippen molar-refractivity contribution in [2.24, 2.45) is 0 Å². The molecule has 1 aromatic carbocycles. The number of aryl methyl sites for hydroxylation is 1. The average Bonchev–Trinajstić information content (AvgIpc) is 2.26. The van der Waals surface area contributed by atoms with Gasteiger partial charge in [-0.2, -0.15) is 0 Å². The Morgan fingerprint density at radius 3 is 2.94 bits per heavy atom. The second kappa shape index (κ2) is 6.83. The van der Waals surface area contributed by atoms with Gasteiger partial charge in [-0.05, 0) is 31.0 Å². The summed E-state index contributed by atoms with van der Waals surface area (Å²) in [4.78, 5) is 11.3. The fourth-order valence-corrected chi connectivity index (χ4v) is 1.38. The number of carbonyl (C=O) groups excluding carboxylic acids is 1. The highest BCUT2D eigenvalue weighted by Crippen LogP contribution is 2.12. The predicted octanol–water partition coefficient (Wildman–Crippen LogP) is 3.30. The lowest BCUT2D eigenvalue weighted by Crippen LogP contribution is -2.05. The van der Waals surface area contributed by atoms with Gasteiger partial charge < -0.3 is 4.74 Å². The molecule has 2 nitrogen and oxygen atoms in total. The van der Waals surface area contributed by atoms with Crippen LogP contribution in [0.2, 0.25) is 0 Å². The van der Waals surface area contributed by atoms with E-state index in [0.717, 1.165) is 17.7 Å². The molecule has 0 amide bonds. The molecule has 0 saturated carbocycles. The van der Waals surface area contributed by atoms with Crippen molar-refractivity contribution in [3.8, 4) is 5.75 Å². The molecule has 0 N–H and O–H groups in total. The van der Waals surface area contributed by atoms with Crippen molar-refractivity contribution in [3.05, 3.63) is 42.5 Å². The average molecular weight is 218 g/mol. The SMILES string of the molecule is C=CCCC(=O)CCOc1cccc(C)c1. The van der Waals surface area contributed by atoms with Gasteiger partial charge >= 0.3 is 0 Å². The number of ether oxygens (including phenoxy) is 1. The molecule has 0 heterocycles. The van der Waals surface area contributed by atoms with Crippen LogP contribution in [0.15, 0.2) is 36.9 Å². The Morgan fingerprint density at radius 1 is 1.44 bits per heavy atom. The summed E-state index contributed by atoms with van der Waals surface area (Å²) >= 11 is 0. The second-order valence-electron chi connectivity index (χ2n) is 3.78. The van der Waals surface area contributed by atoms with Crippen LogP contribution in [0.3, 0.4) is 0 Å². The third-order valence-corrected chi connectivity index (χ3v) is 2.27. The van der Waals surface area contributed by atoms with Crippen molar-refractivity contribution in [2.75, 3.05) is 6.61 Å². The lowest BCUT2D eigenvalue weighted by Gasteiger charge is -2.05. The smallest absolute Gasteiger partial charge is 0.136 e. The molecule has 0 saturated heterocycles. The Hall–Kier alpha value is -1.57. The highest BCUT2D eigenvalue weighted by atomic mass is 16.5. The molecule has 0 spiro atoms. The molecule has 0 radical (unpaired) electrons. The fraction of sp³-hybridized carbons (Fsp3) is 0.357. The first-order valence-electron chi connectivity index (χ1n) is 5.54. The van der Waals surface area contributed by atoms with Gasteiger partial charge in [0.15, 0.2) is 0 Å². The molecule has 1 rings (SSSR count). The van der Waals surface area contributed by atoms with Crippen LogP contribution in [0, 0.1) is 6.92 Å². The van der Waals surface area contributed by atoms with Gasteiger partial charge in [-0.15, -0.1) is 6.58 Å². The van der Waals surface area contributed by atoms with Crippen molar-refractivity contribution >= 4 is 5.78 Å². The number of carbonyl (C=O) groups is 1. The molecule has 0 fully saturated rings. The van der Waals surface area contributed by atoms with Crippen molar-refractivity contribution in [3.63, 3.8) is 0 Å². The first-order chi connectivity index (χ1) is 7.72. The molecule has 0 bridgehead atoms. The highest BCUT2D eigenvalue weighted by Gasteiger charge is 2.01. The lowest BCUT2D eigenvalue weighted by atomic mass is 10.2. The number of Topliss-reactive ketones (excluding diaryl/α,β-unsaturated/α-hetero) is 1. The van der Waals surface area contributed by atoms with Gasteiger partial charge in [-0.1, -0.05) is 18.2 Å². The van der Waals surface area contributed by atoms with E-state index < -0.39 is 0 Å². The summed E-state index contributed by atoms with van der Waals surface area (Å²) in [5.74, 6) is 1.06. The van der Waals surface area contributed by atoms with Gasteiger partial charge in [0.2, 0.25) is 0 Å². The standard InChI is InChI=1S/C14H18O2/c1-3-4-7-13(15)9-10-16-14-8-5-6-12(2)11-14/h3,5-6,8,11H,1,4,7,9-10H2,2H3. The number of rotatable bonds is 7. The van der Waals surface area contributed by atoms with Crippen LogP contribution in [-0.2, 0) is 4.79 Å². The molecule has 0 aliphatic carbocycles. The third kappa shape index (κ3) is 4.78. The van der Waals surface area contributed by atoms with Crippen LogP contribution in [0.1, 0.15) is 24.8 Å². The molecular weight excluding hydrogens is 200 g/mol. The van der Waals surface area contributed by atoms with E-state index in [4.69, 9.17) is 4.74 Å². The van der Waals surface area contributed by atoms with E-state index in [1.807, 2.05) is 31.2 Å². The summed E-state index contributed by atoms with van der Waals surface area (Å²) in [7, 11) is 0. The van der Waals surface area contributed by atoms with Crippen molar-refractivity contribution in [2.45, 2.75) is 26.2 Å². The van der Waals surface area contributed by atoms with Crippen LogP contribution in [0.4, 0.5) is 0 Å². The molecular formula is C14H18O2. The molecule has 16 heavy (non-hydrogen) atoms. The number of hydrogen-bond acceptors (Lipinski definition) is 2. The molecule has 0 atom stereocenters. The molecule has 0 aromatic heterocycles. The molecule has 86 valence electrons. The maximum Gasteiger partial charge on any atom is 0.136 e. The van der Waals surface area contributed by atoms with Crippen LogP contribution in [0.25, 0.3) is 0 Å². The Morgan fingerprint density at radius 2 is 2.25 bits per heavy atom. The maximum atomic E-state index is 11.3. The van der Waals surface area contributed by atoms with Crippen LogP contribution < -0.4 is 4.74 Å². The summed E-state index contributed by atoms with van der Waals surface area (Å²) < 4.78 is 5.49. The van der Waals surface area contributed by atoms with Gasteiger partial charge in [0, 0.05) is 12.8 Å². The van der Waals surface area contributed by atoms with E-state index in [1.54, 1.807) is 6.08 Å². The fourth-order valence-electron chi connectivity index (χ4n) is 1.38. The van der Waals surface area contributed by atoms with E-state index in [9.17, 15) is 4.79 Å². The second-order valence-corrected chi connectivity index (χ2v) is 3.78. The van der Waals surface area contributed by atoms with E-state index in [-0.39, 0.29) is 5.78 Å². The highest BCUT2D eigenvalue weighted by molar-refractivity contribution is 5.78. The topological polar surface area (TPSA) is 26.3 Å². The summed E-state index contributed by atoms with van der Waals surface area (Å²) in [5.41, 5.74) is 1.16. The number of ketones is 1. The quantitative estimate of drug-likeness (QED) is 0.656. The van der Waals surface area contributed by atoms with Crippen LogP contribution >= 0.6 is 0 Å². The number of hydrogen-bond donors (Lipinski definition) is 0. The van der Waals surface area contributed by atoms with Crippen molar-refractivity contribution in [1.29, 1.82) is 0 Å². The minimum atomic E-state index is 0.229. The Balaban J connectivity index is 2.25. The first kappa shape index (κ1) is 12.5. The van der Waals surface area contributed by atoms with Gasteiger partial charge in [-0.25, -0.2) is 0 Å². The maximum absolute atomic E-state index is 11.3. The van der Waals surface area contributed by atoms with Gasteiger partial charge in [-0.3, -0.25) is 4.79 Å². The summed E-state index contributed by atoms with van der Waals surface area (Å²) in [6.45, 7) is 6.06. The van der Waals surface area contributed by atoms with Crippen LogP contribution in [-0.4, -0.2) is 12.4 Å². The summed E-state index contributed by atoms with van der Waals surface area (Å²) in [5, 5.41) is 0. The largest absolute Gasteiger partial charge is 0.493 e. The molecule has 0 unspecified atom stereocenters. The Kier molecular flexibility index (Phi) is 5.34. The lowest BCUT2D eigenvalue weighted by molar-refractivity contribution is -0.119. The normalized spacial score (nSPS) is 9.81. The van der Waals surface area contributed by atoms with Crippen LogP contribution in [0.5, 0.6) is 5.75 Å². The summed E-state index contributed by atoms with van der Waals surface area (Å²) in [6, 6.07) is 7.84. The van der Waals surface area contributed by atoms with E-state index in [1.165, 1.54) is 0 Å². The minimum Gasteiger partial charge on any atom is -0.493 e. The monoisotopic (exact) mass is 218 g/mol. The number of allylic oxidation sites excluding steroid dienone is 1. The van der Waals surface area contributed by atoms with Gasteiger partial charge in [0.1, 0.15) is 11.5 Å². The first-order valence-corrected chi connectivity index (χ1v) is 5.54. The third-order valence-electron chi connectivity index (χ3n) is 2.27. The number of benzene rings is 1. The van der Waals surface area contributed by atoms with E-state index >= 15 is 0 Å². The zero-order chi connectivity index (χ0) is 11.8. The van der Waals surface area contributed by atoms with Crippen molar-refractivity contribution < 1.29 is 9.53 Å². The predicted molar refractivity (Wildman–Crippen MR) is 65.7 cm³/mol. The van der Waals surface area contributed by atoms with Crippen molar-refractivity contribution in [1.82, 2.24) is 0 Å². The van der Waals surface area contributed by atoms with Gasteiger partial charge in [0.05, 0.1) is 6.61 Å². The summed E-state index contributed by atoms with van der Waals surface area (Å²) in [6.07, 6.45) is 3.56. The van der Waals surface area contributed by atoms with E-state index in [2.05, 4.69) is 6.58 Å². The minimum absolute atomic E-state index is 0.229.